The van der Waals surface area contributed by atoms with Gasteiger partial charge in [0, 0.05) is 24.1 Å². The molecule has 2 heterocycles. The predicted molar refractivity (Wildman–Crippen MR) is 67.8 cm³/mol. The molecule has 7 heteroatoms. The van der Waals surface area contributed by atoms with Crippen LogP contribution in [0.1, 0.15) is 39.1 Å². The number of nitrogens with one attached hydrogen (secondary N) is 1. The molecular weight excluding hydrogens is 279 g/mol. The van der Waals surface area contributed by atoms with Crippen LogP contribution in [0.15, 0.2) is 12.1 Å². The standard InChI is InChI=1S/C14H11FN2O4/c15-8-3-7(6-18)10-5-17(14(21)9(10)4-8)11-1-2-12(19)16-13(11)20/h3-4,6,11H,1-2,5H2,(H,16,19,20). The third kappa shape index (κ3) is 2.10. The number of benzene rings is 1. The van der Waals surface area contributed by atoms with Gasteiger partial charge >= 0.3 is 0 Å². The van der Waals surface area contributed by atoms with Gasteiger partial charge in [0.05, 0.1) is 0 Å². The maximum Gasteiger partial charge on any atom is 0.255 e. The van der Waals surface area contributed by atoms with Gasteiger partial charge in [0.2, 0.25) is 11.8 Å². The zero-order chi connectivity index (χ0) is 15.1. The number of carbonyl (C=O) groups excluding carboxylic acids is 4. The second-order valence-electron chi connectivity index (χ2n) is 5.04. The Morgan fingerprint density at radius 1 is 1.29 bits per heavy atom. The molecule has 1 atom stereocenters. The molecule has 2 aliphatic heterocycles. The number of piperidine rings is 1. The van der Waals surface area contributed by atoms with E-state index in [4.69, 9.17) is 0 Å². The summed E-state index contributed by atoms with van der Waals surface area (Å²) in [6.45, 7) is 0.0643. The minimum Gasteiger partial charge on any atom is -0.322 e. The van der Waals surface area contributed by atoms with E-state index in [9.17, 15) is 23.6 Å². The Labute approximate surface area is 118 Å². The lowest BCUT2D eigenvalue weighted by molar-refractivity contribution is -0.136. The third-order valence-corrected chi connectivity index (χ3v) is 3.78. The molecule has 0 saturated carbocycles. The largest absolute Gasteiger partial charge is 0.322 e. The summed E-state index contributed by atoms with van der Waals surface area (Å²) in [6, 6.07) is 1.36. The molecule has 3 amide bonds. The highest BCUT2D eigenvalue weighted by Gasteiger charge is 2.40. The molecule has 3 rings (SSSR count). The maximum atomic E-state index is 13.4. The fourth-order valence-corrected chi connectivity index (χ4v) is 2.76. The molecule has 6 nitrogen and oxygen atoms in total. The van der Waals surface area contributed by atoms with Gasteiger partial charge < -0.3 is 4.90 Å². The Morgan fingerprint density at radius 3 is 2.71 bits per heavy atom. The van der Waals surface area contributed by atoms with Crippen molar-refractivity contribution in [3.05, 3.63) is 34.6 Å². The van der Waals surface area contributed by atoms with E-state index in [1.54, 1.807) is 0 Å². The molecule has 1 unspecified atom stereocenters. The minimum atomic E-state index is -0.773. The first-order valence-electron chi connectivity index (χ1n) is 6.43. The minimum absolute atomic E-state index is 0.0643. The number of nitrogens with zero attached hydrogens (tertiary/aromatic N) is 1. The van der Waals surface area contributed by atoms with Crippen molar-refractivity contribution in [3.63, 3.8) is 0 Å². The van der Waals surface area contributed by atoms with Crippen LogP contribution in [0.5, 0.6) is 0 Å². The van der Waals surface area contributed by atoms with Crippen LogP contribution in [0.3, 0.4) is 0 Å². The van der Waals surface area contributed by atoms with Crippen molar-refractivity contribution in [1.29, 1.82) is 0 Å². The van der Waals surface area contributed by atoms with Crippen LogP contribution in [0.2, 0.25) is 0 Å². The van der Waals surface area contributed by atoms with Crippen molar-refractivity contribution in [2.75, 3.05) is 0 Å². The van der Waals surface area contributed by atoms with Crippen molar-refractivity contribution < 1.29 is 23.6 Å². The normalized spacial score (nSPS) is 21.3. The van der Waals surface area contributed by atoms with E-state index in [1.807, 2.05) is 0 Å². The molecule has 2 aliphatic rings. The second-order valence-corrected chi connectivity index (χ2v) is 5.04. The smallest absolute Gasteiger partial charge is 0.255 e. The molecule has 0 spiro atoms. The molecule has 1 aromatic carbocycles. The van der Waals surface area contributed by atoms with E-state index < -0.39 is 23.7 Å². The van der Waals surface area contributed by atoms with E-state index in [0.29, 0.717) is 11.8 Å². The maximum absolute atomic E-state index is 13.4. The lowest BCUT2D eigenvalue weighted by Crippen LogP contribution is -2.52. The number of hydrogen-bond acceptors (Lipinski definition) is 4. The van der Waals surface area contributed by atoms with Gasteiger partial charge in [-0.1, -0.05) is 0 Å². The fourth-order valence-electron chi connectivity index (χ4n) is 2.76. The first-order chi connectivity index (χ1) is 10.0. The monoisotopic (exact) mass is 290 g/mol. The Bertz CT molecular complexity index is 686. The molecule has 0 radical (unpaired) electrons. The molecule has 1 N–H and O–H groups in total. The first-order valence-corrected chi connectivity index (χ1v) is 6.43. The number of carbonyl (C=O) groups is 4. The van der Waals surface area contributed by atoms with Crippen LogP contribution >= 0.6 is 0 Å². The van der Waals surface area contributed by atoms with Crippen LogP contribution < -0.4 is 5.32 Å². The first kappa shape index (κ1) is 13.4. The zero-order valence-corrected chi connectivity index (χ0v) is 10.9. The molecule has 0 bridgehead atoms. The molecule has 1 fully saturated rings. The summed E-state index contributed by atoms with van der Waals surface area (Å²) in [5.41, 5.74) is 0.621. The number of halogens is 1. The average Bonchev–Trinajstić information content (AvgIpc) is 2.76. The SMILES string of the molecule is O=Cc1cc(F)cc2c1CN(C1CCC(=O)NC1=O)C2=O. The molecule has 21 heavy (non-hydrogen) atoms. The fraction of sp³-hybridized carbons (Fsp3) is 0.286. The number of imide groups is 1. The molecular formula is C14H11FN2O4. The molecule has 1 aromatic rings. The quantitative estimate of drug-likeness (QED) is 0.631. The van der Waals surface area contributed by atoms with Crippen molar-refractivity contribution >= 4 is 24.0 Å². The molecule has 0 aromatic heterocycles. The number of fused-ring (bicyclic) bond motifs is 1. The van der Waals surface area contributed by atoms with Gasteiger partial charge in [0.25, 0.3) is 5.91 Å². The van der Waals surface area contributed by atoms with Gasteiger partial charge in [-0.15, -0.1) is 0 Å². The summed E-state index contributed by atoms with van der Waals surface area (Å²) in [6.07, 6.45) is 0.859. The molecule has 108 valence electrons. The van der Waals surface area contributed by atoms with Gasteiger partial charge in [0.15, 0.2) is 6.29 Å². The average molecular weight is 290 g/mol. The lowest BCUT2D eigenvalue weighted by atomic mass is 10.0. The molecule has 1 saturated heterocycles. The Kier molecular flexibility index (Phi) is 3.04. The van der Waals surface area contributed by atoms with E-state index in [2.05, 4.69) is 5.32 Å². The van der Waals surface area contributed by atoms with E-state index in [1.165, 1.54) is 4.90 Å². The van der Waals surface area contributed by atoms with Crippen LogP contribution in [-0.2, 0) is 16.1 Å². The van der Waals surface area contributed by atoms with Crippen molar-refractivity contribution in [1.82, 2.24) is 10.2 Å². The number of rotatable bonds is 2. The number of amides is 3. The highest BCUT2D eigenvalue weighted by atomic mass is 19.1. The summed E-state index contributed by atoms with van der Waals surface area (Å²) in [4.78, 5) is 47.6. The summed E-state index contributed by atoms with van der Waals surface area (Å²) in [5.74, 6) is -2.09. The highest BCUT2D eigenvalue weighted by molar-refractivity contribution is 6.06. The van der Waals surface area contributed by atoms with Crippen LogP contribution in [0.25, 0.3) is 0 Å². The van der Waals surface area contributed by atoms with Gasteiger partial charge in [0.1, 0.15) is 11.9 Å². The summed E-state index contributed by atoms with van der Waals surface area (Å²) in [7, 11) is 0. The van der Waals surface area contributed by atoms with Crippen LogP contribution in [0, 0.1) is 5.82 Å². The van der Waals surface area contributed by atoms with Crippen molar-refractivity contribution in [3.8, 4) is 0 Å². The topological polar surface area (TPSA) is 83.6 Å². The summed E-state index contributed by atoms with van der Waals surface area (Å²) >= 11 is 0. The van der Waals surface area contributed by atoms with Crippen molar-refractivity contribution in [2.45, 2.75) is 25.4 Å². The van der Waals surface area contributed by atoms with E-state index in [-0.39, 0.29) is 36.4 Å². The second kappa shape index (κ2) is 4.76. The van der Waals surface area contributed by atoms with Crippen molar-refractivity contribution in [2.24, 2.45) is 0 Å². The lowest BCUT2D eigenvalue weighted by Gasteiger charge is -2.29. The Hall–Kier alpha value is -2.57. The predicted octanol–water partition coefficient (Wildman–Crippen LogP) is 0.399. The highest BCUT2D eigenvalue weighted by Crippen LogP contribution is 2.30. The van der Waals surface area contributed by atoms with E-state index >= 15 is 0 Å². The van der Waals surface area contributed by atoms with Crippen LogP contribution in [-0.4, -0.2) is 34.9 Å². The summed E-state index contributed by atoms with van der Waals surface area (Å²) < 4.78 is 13.4. The Balaban J connectivity index is 1.95. The van der Waals surface area contributed by atoms with Gasteiger partial charge in [-0.2, -0.15) is 0 Å². The number of hydrogen-bond donors (Lipinski definition) is 1. The van der Waals surface area contributed by atoms with Gasteiger partial charge in [-0.3, -0.25) is 24.5 Å². The molecule has 0 aliphatic carbocycles. The number of aldehydes is 1. The summed E-state index contributed by atoms with van der Waals surface area (Å²) in [5, 5.41) is 2.18. The van der Waals surface area contributed by atoms with Gasteiger partial charge in [-0.25, -0.2) is 4.39 Å². The zero-order valence-electron chi connectivity index (χ0n) is 10.9. The van der Waals surface area contributed by atoms with Crippen LogP contribution in [0.4, 0.5) is 4.39 Å². The van der Waals surface area contributed by atoms with E-state index in [0.717, 1.165) is 12.1 Å². The third-order valence-electron chi connectivity index (χ3n) is 3.78. The van der Waals surface area contributed by atoms with Gasteiger partial charge in [-0.05, 0) is 24.1 Å². The Morgan fingerprint density at radius 2 is 2.05 bits per heavy atom.